The number of aromatic nitrogens is 2. The Morgan fingerprint density at radius 1 is 0.737 bits per heavy atom. The van der Waals surface area contributed by atoms with Gasteiger partial charge >= 0.3 is 0 Å². The first-order valence-electron chi connectivity index (χ1n) is 6.05. The van der Waals surface area contributed by atoms with Gasteiger partial charge in [0.05, 0.1) is 0 Å². The summed E-state index contributed by atoms with van der Waals surface area (Å²) in [5, 5.41) is 0. The van der Waals surface area contributed by atoms with Gasteiger partial charge in [0.25, 0.3) is 0 Å². The van der Waals surface area contributed by atoms with Gasteiger partial charge in [0.1, 0.15) is 0 Å². The maximum Gasteiger partial charge on any atom is 0.0346 e. The molecule has 3 aromatic rings. The Morgan fingerprint density at radius 3 is 1.95 bits per heavy atom. The molecule has 1 aromatic carbocycles. The molecule has 3 heteroatoms. The van der Waals surface area contributed by atoms with Crippen molar-refractivity contribution >= 4 is 5.69 Å². The van der Waals surface area contributed by atoms with E-state index in [-0.39, 0.29) is 0 Å². The van der Waals surface area contributed by atoms with Crippen LogP contribution in [0.4, 0.5) is 5.69 Å². The van der Waals surface area contributed by atoms with Gasteiger partial charge in [-0.1, -0.05) is 18.2 Å². The highest BCUT2D eigenvalue weighted by atomic mass is 14.6. The van der Waals surface area contributed by atoms with Gasteiger partial charge in [-0.3, -0.25) is 9.97 Å². The fourth-order valence-electron chi connectivity index (χ4n) is 2.10. The molecule has 0 atom stereocenters. The summed E-state index contributed by atoms with van der Waals surface area (Å²) in [5.41, 5.74) is 10.9. The summed E-state index contributed by atoms with van der Waals surface area (Å²) in [4.78, 5) is 8.34. The van der Waals surface area contributed by atoms with Gasteiger partial charge in [0, 0.05) is 41.6 Å². The topological polar surface area (TPSA) is 51.8 Å². The predicted molar refractivity (Wildman–Crippen MR) is 77.3 cm³/mol. The van der Waals surface area contributed by atoms with Crippen molar-refractivity contribution in [2.75, 3.05) is 5.73 Å². The number of hydrogen-bond acceptors (Lipinski definition) is 3. The number of anilines is 1. The molecule has 3 nitrogen and oxygen atoms in total. The van der Waals surface area contributed by atoms with E-state index >= 15 is 0 Å². The van der Waals surface area contributed by atoms with Crippen molar-refractivity contribution in [2.24, 2.45) is 0 Å². The van der Waals surface area contributed by atoms with Crippen LogP contribution in [-0.4, -0.2) is 9.97 Å². The summed E-state index contributed by atoms with van der Waals surface area (Å²) >= 11 is 0. The van der Waals surface area contributed by atoms with Crippen molar-refractivity contribution in [3.63, 3.8) is 0 Å². The summed E-state index contributed by atoms with van der Waals surface area (Å²) < 4.78 is 0. The Kier molecular flexibility index (Phi) is 2.94. The van der Waals surface area contributed by atoms with Gasteiger partial charge in [-0.15, -0.1) is 0 Å². The van der Waals surface area contributed by atoms with Gasteiger partial charge in [0.2, 0.25) is 0 Å². The highest BCUT2D eigenvalue weighted by Gasteiger charge is 2.08. The summed E-state index contributed by atoms with van der Waals surface area (Å²) in [6.07, 6.45) is 7.23. The second-order valence-corrected chi connectivity index (χ2v) is 4.29. The molecule has 2 N–H and O–H groups in total. The van der Waals surface area contributed by atoms with Gasteiger partial charge < -0.3 is 5.73 Å². The highest BCUT2D eigenvalue weighted by Crippen LogP contribution is 2.32. The molecule has 0 saturated carbocycles. The molecule has 0 saturated heterocycles. The minimum atomic E-state index is 0.742. The molecule has 2 heterocycles. The van der Waals surface area contributed by atoms with Crippen LogP contribution in [0.5, 0.6) is 0 Å². The number of nitrogens with zero attached hydrogens (tertiary/aromatic N) is 2. The number of nitrogens with two attached hydrogens (primary N) is 1. The van der Waals surface area contributed by atoms with Crippen LogP contribution in [0.2, 0.25) is 0 Å². The maximum atomic E-state index is 5.91. The molecule has 0 bridgehead atoms. The summed E-state index contributed by atoms with van der Waals surface area (Å²) in [7, 11) is 0. The van der Waals surface area contributed by atoms with Crippen molar-refractivity contribution < 1.29 is 0 Å². The molecule has 0 unspecified atom stereocenters. The lowest BCUT2D eigenvalue weighted by Crippen LogP contribution is -1.90. The zero-order valence-electron chi connectivity index (χ0n) is 10.3. The van der Waals surface area contributed by atoms with Crippen LogP contribution in [-0.2, 0) is 0 Å². The quantitative estimate of drug-likeness (QED) is 0.706. The van der Waals surface area contributed by atoms with E-state index in [9.17, 15) is 0 Å². The number of rotatable bonds is 2. The van der Waals surface area contributed by atoms with Crippen molar-refractivity contribution in [1.82, 2.24) is 9.97 Å². The predicted octanol–water partition coefficient (Wildman–Crippen LogP) is 3.39. The van der Waals surface area contributed by atoms with Crippen LogP contribution < -0.4 is 5.73 Å². The largest absolute Gasteiger partial charge is 0.399 e. The van der Waals surface area contributed by atoms with E-state index in [0.717, 1.165) is 27.9 Å². The van der Waals surface area contributed by atoms with Crippen molar-refractivity contribution in [2.45, 2.75) is 0 Å². The van der Waals surface area contributed by atoms with Crippen LogP contribution in [0.25, 0.3) is 22.3 Å². The van der Waals surface area contributed by atoms with Crippen LogP contribution in [0.15, 0.2) is 67.3 Å². The molecule has 0 aliphatic heterocycles. The average molecular weight is 247 g/mol. The molecule has 2 aromatic heterocycles. The first kappa shape index (κ1) is 11.4. The standard InChI is InChI=1S/C16H13N3/c17-14-5-6-15(12-3-1-7-18-10-12)16(9-14)13-4-2-8-19-11-13/h1-11H,17H2. The molecule has 0 fully saturated rings. The molecule has 92 valence electrons. The molecule has 0 aliphatic rings. The highest BCUT2D eigenvalue weighted by molar-refractivity contribution is 5.84. The van der Waals surface area contributed by atoms with Crippen molar-refractivity contribution in [3.05, 3.63) is 67.3 Å². The van der Waals surface area contributed by atoms with Crippen LogP contribution in [0, 0.1) is 0 Å². The van der Waals surface area contributed by atoms with E-state index in [0.29, 0.717) is 0 Å². The number of nitrogen functional groups attached to an aromatic ring is 1. The summed E-state index contributed by atoms with van der Waals surface area (Å²) in [5.74, 6) is 0. The summed E-state index contributed by atoms with van der Waals surface area (Å²) in [6, 6.07) is 13.8. The van der Waals surface area contributed by atoms with E-state index in [2.05, 4.69) is 9.97 Å². The first-order valence-corrected chi connectivity index (χ1v) is 6.05. The third-order valence-electron chi connectivity index (χ3n) is 2.99. The smallest absolute Gasteiger partial charge is 0.0346 e. The molecule has 0 radical (unpaired) electrons. The maximum absolute atomic E-state index is 5.91. The van der Waals surface area contributed by atoms with E-state index in [4.69, 9.17) is 5.73 Å². The Bertz CT molecular complexity index is 679. The number of pyridine rings is 2. The lowest BCUT2D eigenvalue weighted by Gasteiger charge is -2.10. The fraction of sp³-hybridized carbons (Fsp3) is 0. The Morgan fingerprint density at radius 2 is 1.37 bits per heavy atom. The van der Waals surface area contributed by atoms with E-state index in [1.165, 1.54) is 0 Å². The van der Waals surface area contributed by atoms with E-state index in [1.54, 1.807) is 12.4 Å². The second-order valence-electron chi connectivity index (χ2n) is 4.29. The van der Waals surface area contributed by atoms with Gasteiger partial charge in [-0.25, -0.2) is 0 Å². The van der Waals surface area contributed by atoms with Crippen molar-refractivity contribution in [1.29, 1.82) is 0 Å². The van der Waals surface area contributed by atoms with Crippen LogP contribution in [0.1, 0.15) is 0 Å². The third kappa shape index (κ3) is 2.31. The van der Waals surface area contributed by atoms with E-state index < -0.39 is 0 Å². The molecule has 3 rings (SSSR count). The molecular formula is C16H13N3. The molecule has 0 spiro atoms. The monoisotopic (exact) mass is 247 g/mol. The lowest BCUT2D eigenvalue weighted by atomic mass is 9.96. The van der Waals surface area contributed by atoms with Crippen LogP contribution in [0.3, 0.4) is 0 Å². The number of hydrogen-bond donors (Lipinski definition) is 1. The van der Waals surface area contributed by atoms with E-state index in [1.807, 2.05) is 54.9 Å². The Hall–Kier alpha value is -2.68. The Balaban J connectivity index is 2.21. The summed E-state index contributed by atoms with van der Waals surface area (Å²) in [6.45, 7) is 0. The molecule has 19 heavy (non-hydrogen) atoms. The van der Waals surface area contributed by atoms with Crippen molar-refractivity contribution in [3.8, 4) is 22.3 Å². The zero-order valence-corrected chi connectivity index (χ0v) is 10.3. The SMILES string of the molecule is Nc1ccc(-c2cccnc2)c(-c2cccnc2)c1. The second kappa shape index (κ2) is 4.90. The molecule has 0 aliphatic carbocycles. The molecular weight excluding hydrogens is 234 g/mol. The first-order chi connectivity index (χ1) is 9.34. The minimum absolute atomic E-state index is 0.742. The van der Waals surface area contributed by atoms with Gasteiger partial charge in [-0.2, -0.15) is 0 Å². The lowest BCUT2D eigenvalue weighted by molar-refractivity contribution is 1.32. The average Bonchev–Trinajstić information content (AvgIpc) is 2.49. The number of benzene rings is 1. The molecule has 0 amide bonds. The van der Waals surface area contributed by atoms with Gasteiger partial charge in [0.15, 0.2) is 0 Å². The minimum Gasteiger partial charge on any atom is -0.399 e. The fourth-order valence-corrected chi connectivity index (χ4v) is 2.10. The third-order valence-corrected chi connectivity index (χ3v) is 2.99. The zero-order chi connectivity index (χ0) is 13.1. The normalized spacial score (nSPS) is 10.3. The Labute approximate surface area is 111 Å². The van der Waals surface area contributed by atoms with Gasteiger partial charge in [-0.05, 0) is 35.4 Å². The van der Waals surface area contributed by atoms with Crippen LogP contribution >= 0.6 is 0 Å².